The predicted octanol–water partition coefficient (Wildman–Crippen LogP) is 1.93. The fraction of sp³-hybridized carbons (Fsp3) is 0.438. The molecule has 0 radical (unpaired) electrons. The molecule has 1 saturated carbocycles. The van der Waals surface area contributed by atoms with Gasteiger partial charge in [-0.1, -0.05) is 24.3 Å². The first kappa shape index (κ1) is 14.6. The minimum atomic E-state index is -0.130. The largest absolute Gasteiger partial charge is 0.483 e. The zero-order valence-electron chi connectivity index (χ0n) is 11.9. The van der Waals surface area contributed by atoms with Crippen molar-refractivity contribution in [1.29, 1.82) is 0 Å². The van der Waals surface area contributed by atoms with E-state index in [4.69, 9.17) is 4.74 Å². The molecule has 4 heteroatoms. The number of carbonyl (C=O) groups is 1. The van der Waals surface area contributed by atoms with Gasteiger partial charge in [-0.25, -0.2) is 0 Å². The summed E-state index contributed by atoms with van der Waals surface area (Å²) in [6.45, 7) is 6.85. The number of carbonyl (C=O) groups excluding carboxylic acids is 1. The SMILES string of the molecule is C=CCNC(=O)COc1c(C)cccc1CNC1CC1. The van der Waals surface area contributed by atoms with E-state index in [0.29, 0.717) is 12.6 Å². The van der Waals surface area contributed by atoms with Gasteiger partial charge in [0, 0.05) is 24.7 Å². The van der Waals surface area contributed by atoms with Crippen molar-refractivity contribution in [3.63, 3.8) is 0 Å². The molecule has 2 N–H and O–H groups in total. The molecule has 0 saturated heterocycles. The molecule has 1 fully saturated rings. The highest BCUT2D eigenvalue weighted by atomic mass is 16.5. The van der Waals surface area contributed by atoms with Crippen LogP contribution in [-0.4, -0.2) is 25.1 Å². The van der Waals surface area contributed by atoms with Gasteiger partial charge in [-0.3, -0.25) is 4.79 Å². The normalized spacial score (nSPS) is 13.8. The van der Waals surface area contributed by atoms with Crippen LogP contribution in [0.15, 0.2) is 30.9 Å². The average Bonchev–Trinajstić information content (AvgIpc) is 3.26. The topological polar surface area (TPSA) is 50.4 Å². The molecule has 0 aromatic heterocycles. The molecule has 0 spiro atoms. The van der Waals surface area contributed by atoms with Crippen LogP contribution in [0.3, 0.4) is 0 Å². The Bertz CT molecular complexity index is 481. The molecule has 1 aromatic rings. The standard InChI is InChI=1S/C16H22N2O2/c1-3-9-17-15(19)11-20-16-12(2)5-4-6-13(16)10-18-14-7-8-14/h3-6,14,18H,1,7-11H2,2H3,(H,17,19). The van der Waals surface area contributed by atoms with Gasteiger partial charge in [-0.05, 0) is 25.3 Å². The van der Waals surface area contributed by atoms with E-state index in [2.05, 4.69) is 17.2 Å². The second kappa shape index (κ2) is 7.10. The first-order chi connectivity index (χ1) is 9.70. The summed E-state index contributed by atoms with van der Waals surface area (Å²) in [7, 11) is 0. The van der Waals surface area contributed by atoms with Gasteiger partial charge >= 0.3 is 0 Å². The molecular weight excluding hydrogens is 252 g/mol. The molecule has 0 heterocycles. The molecule has 0 unspecified atom stereocenters. The van der Waals surface area contributed by atoms with E-state index in [9.17, 15) is 4.79 Å². The van der Waals surface area contributed by atoms with E-state index in [1.54, 1.807) is 6.08 Å². The first-order valence-electron chi connectivity index (χ1n) is 7.03. The molecule has 0 aliphatic heterocycles. The summed E-state index contributed by atoms with van der Waals surface area (Å²) in [5, 5.41) is 6.17. The Morgan fingerprint density at radius 3 is 3.00 bits per heavy atom. The van der Waals surface area contributed by atoms with E-state index in [1.165, 1.54) is 12.8 Å². The molecule has 4 nitrogen and oxygen atoms in total. The maximum atomic E-state index is 11.6. The molecule has 2 rings (SSSR count). The monoisotopic (exact) mass is 274 g/mol. The summed E-state index contributed by atoms with van der Waals surface area (Å²) in [6, 6.07) is 6.71. The van der Waals surface area contributed by atoms with Crippen molar-refractivity contribution in [2.45, 2.75) is 32.4 Å². The quantitative estimate of drug-likeness (QED) is 0.712. The van der Waals surface area contributed by atoms with Crippen LogP contribution >= 0.6 is 0 Å². The summed E-state index contributed by atoms with van der Waals surface area (Å²) in [4.78, 5) is 11.6. The van der Waals surface area contributed by atoms with Crippen molar-refractivity contribution >= 4 is 5.91 Å². The molecule has 0 atom stereocenters. The first-order valence-corrected chi connectivity index (χ1v) is 7.03. The Labute approximate surface area is 120 Å². The van der Waals surface area contributed by atoms with Crippen molar-refractivity contribution in [3.8, 4) is 5.75 Å². The van der Waals surface area contributed by atoms with Gasteiger partial charge in [0.1, 0.15) is 5.75 Å². The fourth-order valence-electron chi connectivity index (χ4n) is 1.98. The molecule has 20 heavy (non-hydrogen) atoms. The van der Waals surface area contributed by atoms with Crippen molar-refractivity contribution in [1.82, 2.24) is 10.6 Å². The number of rotatable bonds is 8. The van der Waals surface area contributed by atoms with Gasteiger partial charge in [-0.15, -0.1) is 6.58 Å². The summed E-state index contributed by atoms with van der Waals surface area (Å²) < 4.78 is 5.69. The lowest BCUT2D eigenvalue weighted by Gasteiger charge is -2.14. The molecule has 1 amide bonds. The van der Waals surface area contributed by atoms with Gasteiger partial charge in [0.25, 0.3) is 5.91 Å². The van der Waals surface area contributed by atoms with Crippen LogP contribution in [0.1, 0.15) is 24.0 Å². The number of amides is 1. The Kier molecular flexibility index (Phi) is 5.18. The third kappa shape index (κ3) is 4.38. The third-order valence-electron chi connectivity index (χ3n) is 3.24. The minimum Gasteiger partial charge on any atom is -0.483 e. The second-order valence-corrected chi connectivity index (χ2v) is 5.10. The van der Waals surface area contributed by atoms with Crippen molar-refractivity contribution in [2.75, 3.05) is 13.2 Å². The van der Waals surface area contributed by atoms with Crippen molar-refractivity contribution < 1.29 is 9.53 Å². The van der Waals surface area contributed by atoms with Crippen LogP contribution in [0.2, 0.25) is 0 Å². The maximum Gasteiger partial charge on any atom is 0.258 e. The predicted molar refractivity (Wildman–Crippen MR) is 79.7 cm³/mol. The molecule has 1 aliphatic carbocycles. The number of hydrogen-bond acceptors (Lipinski definition) is 3. The van der Waals surface area contributed by atoms with Crippen LogP contribution < -0.4 is 15.4 Å². The Morgan fingerprint density at radius 2 is 2.30 bits per heavy atom. The third-order valence-corrected chi connectivity index (χ3v) is 3.24. The lowest BCUT2D eigenvalue weighted by molar-refractivity contribution is -0.122. The van der Waals surface area contributed by atoms with Gasteiger partial charge in [0.05, 0.1) is 0 Å². The average molecular weight is 274 g/mol. The van der Waals surface area contributed by atoms with Crippen molar-refractivity contribution in [3.05, 3.63) is 42.0 Å². The Morgan fingerprint density at radius 1 is 1.50 bits per heavy atom. The van der Waals surface area contributed by atoms with Crippen LogP contribution in [-0.2, 0) is 11.3 Å². The van der Waals surface area contributed by atoms with E-state index in [1.807, 2.05) is 25.1 Å². The molecule has 1 aliphatic rings. The molecule has 0 bridgehead atoms. The Hall–Kier alpha value is -1.81. The Balaban J connectivity index is 1.93. The summed E-state index contributed by atoms with van der Waals surface area (Å²) in [5.41, 5.74) is 2.16. The van der Waals surface area contributed by atoms with E-state index < -0.39 is 0 Å². The van der Waals surface area contributed by atoms with E-state index in [-0.39, 0.29) is 12.5 Å². The molecule has 108 valence electrons. The smallest absolute Gasteiger partial charge is 0.258 e. The van der Waals surface area contributed by atoms with Gasteiger partial charge in [-0.2, -0.15) is 0 Å². The fourth-order valence-corrected chi connectivity index (χ4v) is 1.98. The van der Waals surface area contributed by atoms with Crippen LogP contribution in [0.5, 0.6) is 5.75 Å². The highest BCUT2D eigenvalue weighted by Gasteiger charge is 2.21. The summed E-state index contributed by atoms with van der Waals surface area (Å²) in [6.07, 6.45) is 4.16. The highest BCUT2D eigenvalue weighted by molar-refractivity contribution is 5.77. The van der Waals surface area contributed by atoms with Gasteiger partial charge in [0.15, 0.2) is 6.61 Å². The number of para-hydroxylation sites is 1. The van der Waals surface area contributed by atoms with Crippen LogP contribution in [0.4, 0.5) is 0 Å². The van der Waals surface area contributed by atoms with E-state index >= 15 is 0 Å². The van der Waals surface area contributed by atoms with Gasteiger partial charge < -0.3 is 15.4 Å². The number of ether oxygens (including phenoxy) is 1. The zero-order valence-corrected chi connectivity index (χ0v) is 11.9. The lowest BCUT2D eigenvalue weighted by atomic mass is 10.1. The second-order valence-electron chi connectivity index (χ2n) is 5.10. The van der Waals surface area contributed by atoms with E-state index in [0.717, 1.165) is 23.4 Å². The molecular formula is C16H22N2O2. The van der Waals surface area contributed by atoms with Gasteiger partial charge in [0.2, 0.25) is 0 Å². The number of hydrogen-bond donors (Lipinski definition) is 2. The lowest BCUT2D eigenvalue weighted by Crippen LogP contribution is -2.29. The minimum absolute atomic E-state index is 0.0368. The maximum absolute atomic E-state index is 11.6. The number of aryl methyl sites for hydroxylation is 1. The van der Waals surface area contributed by atoms with Crippen LogP contribution in [0, 0.1) is 6.92 Å². The zero-order chi connectivity index (χ0) is 14.4. The number of nitrogens with one attached hydrogen (secondary N) is 2. The molecule has 1 aromatic carbocycles. The number of benzene rings is 1. The summed E-state index contributed by atoms with van der Waals surface area (Å²) in [5.74, 6) is 0.684. The summed E-state index contributed by atoms with van der Waals surface area (Å²) >= 11 is 0. The van der Waals surface area contributed by atoms with Crippen LogP contribution in [0.25, 0.3) is 0 Å². The highest BCUT2D eigenvalue weighted by Crippen LogP contribution is 2.25. The van der Waals surface area contributed by atoms with Crippen molar-refractivity contribution in [2.24, 2.45) is 0 Å².